The van der Waals surface area contributed by atoms with Crippen LogP contribution in [0.25, 0.3) is 6.08 Å². The van der Waals surface area contributed by atoms with Crippen molar-refractivity contribution in [3.63, 3.8) is 0 Å². The van der Waals surface area contributed by atoms with Gasteiger partial charge in [0.1, 0.15) is 11.7 Å². The van der Waals surface area contributed by atoms with Crippen LogP contribution in [0.1, 0.15) is 11.1 Å². The van der Waals surface area contributed by atoms with Crippen LogP contribution < -0.4 is 10.1 Å². The molecule has 0 aromatic heterocycles. The van der Waals surface area contributed by atoms with Gasteiger partial charge in [-0.3, -0.25) is 9.59 Å². The quantitative estimate of drug-likeness (QED) is 0.652. The molecule has 1 heterocycles. The largest absolute Gasteiger partial charge is 0.497 e. The molecule has 4 nitrogen and oxygen atoms in total. The Morgan fingerprint density at radius 3 is 2.56 bits per heavy atom. The predicted molar refractivity (Wildman–Crippen MR) is 97.2 cm³/mol. The molecular formula is C21H21NO3. The lowest BCUT2D eigenvalue weighted by Crippen LogP contribution is -2.27. The highest BCUT2D eigenvalue weighted by atomic mass is 16.5. The highest BCUT2D eigenvalue weighted by Gasteiger charge is 2.38. The van der Waals surface area contributed by atoms with Crippen LogP contribution in [0.3, 0.4) is 0 Å². The van der Waals surface area contributed by atoms with Crippen LogP contribution in [0, 0.1) is 11.8 Å². The number of rotatable bonds is 6. The number of hydrogen-bond acceptors (Lipinski definition) is 3. The van der Waals surface area contributed by atoms with Crippen LogP contribution in [0.15, 0.2) is 60.7 Å². The van der Waals surface area contributed by atoms with Crippen molar-refractivity contribution < 1.29 is 14.3 Å². The summed E-state index contributed by atoms with van der Waals surface area (Å²) in [6, 6.07) is 17.4. The van der Waals surface area contributed by atoms with Crippen LogP contribution in [0.2, 0.25) is 0 Å². The van der Waals surface area contributed by atoms with Crippen LogP contribution in [0.5, 0.6) is 5.75 Å². The normalized spacial score (nSPS) is 19.8. The van der Waals surface area contributed by atoms with E-state index in [-0.39, 0.29) is 17.6 Å². The highest BCUT2D eigenvalue weighted by Crippen LogP contribution is 2.24. The maximum absolute atomic E-state index is 12.6. The number of carbonyl (C=O) groups excluding carboxylic acids is 2. The Labute approximate surface area is 147 Å². The van der Waals surface area contributed by atoms with Crippen molar-refractivity contribution in [2.24, 2.45) is 11.8 Å². The van der Waals surface area contributed by atoms with Crippen LogP contribution in [-0.4, -0.2) is 25.3 Å². The van der Waals surface area contributed by atoms with E-state index in [0.717, 1.165) is 16.9 Å². The van der Waals surface area contributed by atoms with E-state index in [1.165, 1.54) is 6.08 Å². The van der Waals surface area contributed by atoms with E-state index < -0.39 is 5.92 Å². The molecule has 1 amide bonds. The molecule has 128 valence electrons. The molecule has 0 spiro atoms. The van der Waals surface area contributed by atoms with Gasteiger partial charge in [-0.1, -0.05) is 48.5 Å². The molecule has 2 aromatic carbocycles. The van der Waals surface area contributed by atoms with Crippen LogP contribution >= 0.6 is 0 Å². The zero-order valence-corrected chi connectivity index (χ0v) is 14.1. The van der Waals surface area contributed by atoms with Gasteiger partial charge in [-0.15, -0.1) is 0 Å². The first-order chi connectivity index (χ1) is 12.2. The minimum atomic E-state index is -0.616. The molecule has 1 fully saturated rings. The second-order valence-electron chi connectivity index (χ2n) is 6.18. The Morgan fingerprint density at radius 2 is 1.88 bits per heavy atom. The molecule has 3 rings (SSSR count). The third-order valence-corrected chi connectivity index (χ3v) is 4.50. The summed E-state index contributed by atoms with van der Waals surface area (Å²) in [6.07, 6.45) is 3.97. The number of ketones is 1. The van der Waals surface area contributed by atoms with E-state index in [9.17, 15) is 9.59 Å². The monoisotopic (exact) mass is 335 g/mol. The number of nitrogens with one attached hydrogen (secondary N) is 1. The predicted octanol–water partition coefficient (Wildman–Crippen LogP) is 2.88. The average molecular weight is 335 g/mol. The molecule has 0 aliphatic carbocycles. The minimum Gasteiger partial charge on any atom is -0.497 e. The van der Waals surface area contributed by atoms with Crippen molar-refractivity contribution in [3.05, 3.63) is 71.8 Å². The summed E-state index contributed by atoms with van der Waals surface area (Å²) in [5.41, 5.74) is 2.04. The fraction of sp³-hybridized carbons (Fsp3) is 0.238. The molecule has 1 aliphatic rings. The maximum Gasteiger partial charge on any atom is 0.231 e. The van der Waals surface area contributed by atoms with Gasteiger partial charge < -0.3 is 10.1 Å². The lowest BCUT2D eigenvalue weighted by molar-refractivity contribution is -0.130. The standard InChI is InChI=1S/C21H21NO3/c1-25-18-10-7-15(8-11-18)9-12-19(23)20-17(14-22-21(20)24)13-16-5-3-2-4-6-16/h2-12,17,20H,13-14H2,1H3,(H,22,24)/b12-9+/t17-,20+/m1/s1. The molecule has 4 heteroatoms. The molecule has 0 saturated carbocycles. The summed E-state index contributed by atoms with van der Waals surface area (Å²) in [5, 5.41) is 2.82. The minimum absolute atomic E-state index is 0.0112. The van der Waals surface area contributed by atoms with Crippen LogP contribution in [0.4, 0.5) is 0 Å². The van der Waals surface area contributed by atoms with Gasteiger partial charge in [-0.05, 0) is 41.7 Å². The van der Waals surface area contributed by atoms with E-state index in [1.807, 2.05) is 54.6 Å². The second-order valence-corrected chi connectivity index (χ2v) is 6.18. The second kappa shape index (κ2) is 7.79. The number of benzene rings is 2. The maximum atomic E-state index is 12.6. The van der Waals surface area contributed by atoms with Gasteiger partial charge in [0.05, 0.1) is 7.11 Å². The number of allylic oxidation sites excluding steroid dienone is 1. The van der Waals surface area contributed by atoms with Gasteiger partial charge in [-0.25, -0.2) is 0 Å². The van der Waals surface area contributed by atoms with E-state index in [2.05, 4.69) is 5.32 Å². The van der Waals surface area contributed by atoms with Gasteiger partial charge in [0.2, 0.25) is 5.91 Å². The number of amides is 1. The lowest BCUT2D eigenvalue weighted by Gasteiger charge is -2.14. The highest BCUT2D eigenvalue weighted by molar-refractivity contribution is 6.09. The Balaban J connectivity index is 1.69. The number of hydrogen-bond donors (Lipinski definition) is 1. The summed E-state index contributed by atoms with van der Waals surface area (Å²) in [7, 11) is 1.61. The van der Waals surface area contributed by atoms with Gasteiger partial charge in [0.15, 0.2) is 5.78 Å². The topological polar surface area (TPSA) is 55.4 Å². The first-order valence-electron chi connectivity index (χ1n) is 8.35. The molecule has 0 radical (unpaired) electrons. The van der Waals surface area contributed by atoms with Crippen molar-refractivity contribution in [1.29, 1.82) is 0 Å². The lowest BCUT2D eigenvalue weighted by atomic mass is 9.86. The van der Waals surface area contributed by atoms with Gasteiger partial charge in [0, 0.05) is 6.54 Å². The number of carbonyl (C=O) groups is 2. The van der Waals surface area contributed by atoms with E-state index in [1.54, 1.807) is 13.2 Å². The Bertz CT molecular complexity index is 765. The van der Waals surface area contributed by atoms with Crippen molar-refractivity contribution >= 4 is 17.8 Å². The summed E-state index contributed by atoms with van der Waals surface area (Å²) in [6.45, 7) is 0.542. The zero-order valence-electron chi connectivity index (χ0n) is 14.1. The third-order valence-electron chi connectivity index (χ3n) is 4.50. The smallest absolute Gasteiger partial charge is 0.231 e. The Morgan fingerprint density at radius 1 is 1.16 bits per heavy atom. The summed E-state index contributed by atoms with van der Waals surface area (Å²) in [4.78, 5) is 24.7. The summed E-state index contributed by atoms with van der Waals surface area (Å²) in [5.74, 6) is -0.184. The molecule has 1 N–H and O–H groups in total. The Kier molecular flexibility index (Phi) is 5.29. The van der Waals surface area contributed by atoms with Crippen molar-refractivity contribution in [3.8, 4) is 5.75 Å². The molecule has 1 saturated heterocycles. The fourth-order valence-corrected chi connectivity index (χ4v) is 3.14. The third kappa shape index (κ3) is 4.15. The van der Waals surface area contributed by atoms with E-state index >= 15 is 0 Å². The van der Waals surface area contributed by atoms with Crippen molar-refractivity contribution in [2.75, 3.05) is 13.7 Å². The molecule has 2 aromatic rings. The molecule has 25 heavy (non-hydrogen) atoms. The van der Waals surface area contributed by atoms with Gasteiger partial charge in [0.25, 0.3) is 0 Å². The summed E-state index contributed by atoms with van der Waals surface area (Å²) >= 11 is 0. The molecule has 0 bridgehead atoms. The Hall–Kier alpha value is -2.88. The SMILES string of the molecule is COc1ccc(/C=C/C(=O)[C@H]2C(=O)NC[C@H]2Cc2ccccc2)cc1. The van der Waals surface area contributed by atoms with Crippen LogP contribution in [-0.2, 0) is 16.0 Å². The van der Waals surface area contributed by atoms with Crippen molar-refractivity contribution in [2.45, 2.75) is 6.42 Å². The van der Waals surface area contributed by atoms with Crippen molar-refractivity contribution in [1.82, 2.24) is 5.32 Å². The van der Waals surface area contributed by atoms with E-state index in [4.69, 9.17) is 4.74 Å². The number of methoxy groups -OCH3 is 1. The first kappa shape index (κ1) is 17.0. The molecular weight excluding hydrogens is 314 g/mol. The van der Waals surface area contributed by atoms with Gasteiger partial charge >= 0.3 is 0 Å². The zero-order chi connectivity index (χ0) is 17.6. The van der Waals surface area contributed by atoms with E-state index in [0.29, 0.717) is 13.0 Å². The average Bonchev–Trinajstić information content (AvgIpc) is 3.01. The van der Waals surface area contributed by atoms with Gasteiger partial charge in [-0.2, -0.15) is 0 Å². The summed E-state index contributed by atoms with van der Waals surface area (Å²) < 4.78 is 5.12. The molecule has 1 aliphatic heterocycles. The fourth-order valence-electron chi connectivity index (χ4n) is 3.14. The first-order valence-corrected chi connectivity index (χ1v) is 8.35. The number of ether oxygens (including phenoxy) is 1. The molecule has 2 atom stereocenters. The molecule has 0 unspecified atom stereocenters.